The normalized spacial score (nSPS) is 40.8. The van der Waals surface area contributed by atoms with Crippen molar-refractivity contribution in [3.8, 4) is 0 Å². The Morgan fingerprint density at radius 1 is 1.00 bits per heavy atom. The van der Waals surface area contributed by atoms with Crippen LogP contribution in [0.5, 0.6) is 0 Å². The van der Waals surface area contributed by atoms with E-state index < -0.39 is 0 Å². The first-order valence-electron chi connectivity index (χ1n) is 8.12. The van der Waals surface area contributed by atoms with Crippen LogP contribution >= 0.6 is 0 Å². The lowest BCUT2D eigenvalue weighted by Crippen LogP contribution is -2.53. The molecule has 1 saturated carbocycles. The fraction of sp³-hybridized carbons (Fsp3) is 1.00. The molecule has 0 aromatic heterocycles. The molecule has 3 fully saturated rings. The summed E-state index contributed by atoms with van der Waals surface area (Å²) in [6, 6.07) is 0. The van der Waals surface area contributed by atoms with Gasteiger partial charge in [0.25, 0.3) is 0 Å². The van der Waals surface area contributed by atoms with E-state index in [1.807, 2.05) is 0 Å². The lowest BCUT2D eigenvalue weighted by Gasteiger charge is -2.46. The Hall–Kier alpha value is -0.0800. The molecule has 2 nitrogen and oxygen atoms in total. The molecule has 104 valence electrons. The van der Waals surface area contributed by atoms with E-state index in [9.17, 15) is 0 Å². The molecule has 0 amide bonds. The van der Waals surface area contributed by atoms with Crippen molar-refractivity contribution in [1.29, 1.82) is 0 Å². The van der Waals surface area contributed by atoms with E-state index in [0.29, 0.717) is 5.54 Å². The first-order chi connectivity index (χ1) is 8.73. The van der Waals surface area contributed by atoms with Gasteiger partial charge in [-0.1, -0.05) is 25.7 Å². The molecule has 1 aliphatic carbocycles. The Labute approximate surface area is 112 Å². The van der Waals surface area contributed by atoms with Gasteiger partial charge in [-0.05, 0) is 57.9 Å². The van der Waals surface area contributed by atoms with E-state index >= 15 is 0 Å². The fourth-order valence-electron chi connectivity index (χ4n) is 4.54. The first kappa shape index (κ1) is 12.9. The molecule has 18 heavy (non-hydrogen) atoms. The molecule has 2 saturated heterocycles. The molecule has 0 radical (unpaired) electrons. The number of hydrogen-bond donors (Lipinski definition) is 1. The molecule has 3 rings (SSSR count). The van der Waals surface area contributed by atoms with Crippen LogP contribution in [0.4, 0.5) is 0 Å². The zero-order chi connectivity index (χ0) is 12.5. The van der Waals surface area contributed by atoms with Gasteiger partial charge >= 0.3 is 0 Å². The predicted octanol–water partition coefficient (Wildman–Crippen LogP) is 3.65. The van der Waals surface area contributed by atoms with E-state index in [4.69, 9.17) is 4.74 Å². The zero-order valence-electron chi connectivity index (χ0n) is 12.0. The SMILES string of the molecule is CC1(C2CCOC3(CCCC3)C2)CCCCCN1. The molecular formula is C16H29NO. The van der Waals surface area contributed by atoms with Crippen molar-refractivity contribution in [3.63, 3.8) is 0 Å². The lowest BCUT2D eigenvalue weighted by molar-refractivity contribution is -0.107. The molecule has 0 bridgehead atoms. The molecule has 0 aromatic rings. The average molecular weight is 251 g/mol. The molecule has 2 aliphatic heterocycles. The third kappa shape index (κ3) is 2.46. The Morgan fingerprint density at radius 3 is 2.61 bits per heavy atom. The molecule has 1 spiro atoms. The Kier molecular flexibility index (Phi) is 3.68. The van der Waals surface area contributed by atoms with Crippen LogP contribution < -0.4 is 5.32 Å². The highest BCUT2D eigenvalue weighted by atomic mass is 16.5. The van der Waals surface area contributed by atoms with Gasteiger partial charge in [0.05, 0.1) is 5.60 Å². The highest BCUT2D eigenvalue weighted by Crippen LogP contribution is 2.46. The minimum absolute atomic E-state index is 0.278. The molecule has 2 atom stereocenters. The third-order valence-electron chi connectivity index (χ3n) is 5.81. The monoisotopic (exact) mass is 251 g/mol. The van der Waals surface area contributed by atoms with Gasteiger partial charge in [0.15, 0.2) is 0 Å². The van der Waals surface area contributed by atoms with Crippen molar-refractivity contribution >= 4 is 0 Å². The van der Waals surface area contributed by atoms with E-state index in [1.54, 1.807) is 0 Å². The topological polar surface area (TPSA) is 21.3 Å². The van der Waals surface area contributed by atoms with E-state index in [1.165, 1.54) is 70.8 Å². The number of hydrogen-bond acceptors (Lipinski definition) is 2. The molecule has 0 aromatic carbocycles. The highest BCUT2D eigenvalue weighted by Gasteiger charge is 2.45. The van der Waals surface area contributed by atoms with Gasteiger partial charge in [-0.3, -0.25) is 0 Å². The van der Waals surface area contributed by atoms with Gasteiger partial charge in [0.1, 0.15) is 0 Å². The standard InChI is InChI=1S/C16H29NO/c1-15(8-3-2-6-11-17-15)14-7-12-18-16(13-14)9-4-5-10-16/h14,17H,2-13H2,1H3. The average Bonchev–Trinajstić information content (AvgIpc) is 2.69. The van der Waals surface area contributed by atoms with Crippen molar-refractivity contribution in [2.75, 3.05) is 13.2 Å². The second kappa shape index (κ2) is 5.13. The van der Waals surface area contributed by atoms with Crippen LogP contribution in [0, 0.1) is 5.92 Å². The van der Waals surface area contributed by atoms with Crippen molar-refractivity contribution < 1.29 is 4.74 Å². The van der Waals surface area contributed by atoms with E-state index in [-0.39, 0.29) is 5.60 Å². The molecular weight excluding hydrogens is 222 g/mol. The van der Waals surface area contributed by atoms with Crippen LogP contribution in [-0.4, -0.2) is 24.3 Å². The van der Waals surface area contributed by atoms with Crippen molar-refractivity contribution in [1.82, 2.24) is 5.32 Å². The van der Waals surface area contributed by atoms with Gasteiger partial charge in [0.2, 0.25) is 0 Å². The minimum atomic E-state index is 0.278. The van der Waals surface area contributed by atoms with Crippen molar-refractivity contribution in [3.05, 3.63) is 0 Å². The highest BCUT2D eigenvalue weighted by molar-refractivity contribution is 5.00. The Bertz CT molecular complexity index is 275. The Balaban J connectivity index is 1.70. The summed E-state index contributed by atoms with van der Waals surface area (Å²) in [6.07, 6.45) is 13.6. The second-order valence-electron chi connectivity index (χ2n) is 7.08. The molecule has 2 heteroatoms. The largest absolute Gasteiger partial charge is 0.375 e. The van der Waals surface area contributed by atoms with Crippen LogP contribution in [0.25, 0.3) is 0 Å². The maximum atomic E-state index is 6.20. The van der Waals surface area contributed by atoms with Gasteiger partial charge < -0.3 is 10.1 Å². The summed E-state index contributed by atoms with van der Waals surface area (Å²) < 4.78 is 6.20. The van der Waals surface area contributed by atoms with Crippen LogP contribution in [0.3, 0.4) is 0 Å². The maximum absolute atomic E-state index is 6.20. The maximum Gasteiger partial charge on any atom is 0.0685 e. The van der Waals surface area contributed by atoms with Crippen LogP contribution in [0.1, 0.15) is 71.1 Å². The number of nitrogens with one attached hydrogen (secondary N) is 1. The minimum Gasteiger partial charge on any atom is -0.375 e. The zero-order valence-corrected chi connectivity index (χ0v) is 12.0. The number of ether oxygens (including phenoxy) is 1. The second-order valence-corrected chi connectivity index (χ2v) is 7.08. The van der Waals surface area contributed by atoms with Gasteiger partial charge in [0, 0.05) is 12.1 Å². The summed E-state index contributed by atoms with van der Waals surface area (Å²) in [6.45, 7) is 4.71. The van der Waals surface area contributed by atoms with Crippen LogP contribution in [0.15, 0.2) is 0 Å². The summed E-state index contributed by atoms with van der Waals surface area (Å²) in [4.78, 5) is 0. The lowest BCUT2D eigenvalue weighted by atomic mass is 9.72. The fourth-order valence-corrected chi connectivity index (χ4v) is 4.54. The number of rotatable bonds is 1. The van der Waals surface area contributed by atoms with Crippen molar-refractivity contribution in [2.45, 2.75) is 82.3 Å². The van der Waals surface area contributed by atoms with Gasteiger partial charge in [-0.2, -0.15) is 0 Å². The molecule has 1 N–H and O–H groups in total. The van der Waals surface area contributed by atoms with E-state index in [0.717, 1.165) is 12.5 Å². The van der Waals surface area contributed by atoms with Crippen LogP contribution in [0.2, 0.25) is 0 Å². The smallest absolute Gasteiger partial charge is 0.0685 e. The van der Waals surface area contributed by atoms with E-state index in [2.05, 4.69) is 12.2 Å². The molecule has 2 heterocycles. The summed E-state index contributed by atoms with van der Waals surface area (Å²) in [5.74, 6) is 0.836. The third-order valence-corrected chi connectivity index (χ3v) is 5.81. The predicted molar refractivity (Wildman–Crippen MR) is 74.8 cm³/mol. The van der Waals surface area contributed by atoms with Crippen molar-refractivity contribution in [2.24, 2.45) is 5.92 Å². The first-order valence-corrected chi connectivity index (χ1v) is 8.12. The molecule has 3 aliphatic rings. The summed E-state index contributed by atoms with van der Waals surface area (Å²) in [7, 11) is 0. The summed E-state index contributed by atoms with van der Waals surface area (Å²) in [5.41, 5.74) is 0.662. The summed E-state index contributed by atoms with van der Waals surface area (Å²) in [5, 5.41) is 3.88. The van der Waals surface area contributed by atoms with Crippen LogP contribution in [-0.2, 0) is 4.74 Å². The quantitative estimate of drug-likeness (QED) is 0.768. The van der Waals surface area contributed by atoms with Gasteiger partial charge in [-0.25, -0.2) is 0 Å². The summed E-state index contributed by atoms with van der Waals surface area (Å²) >= 11 is 0. The Morgan fingerprint density at radius 2 is 1.78 bits per heavy atom. The molecule has 2 unspecified atom stereocenters. The van der Waals surface area contributed by atoms with Gasteiger partial charge in [-0.15, -0.1) is 0 Å².